The summed E-state index contributed by atoms with van der Waals surface area (Å²) in [4.78, 5) is 4.51. The molecule has 0 aliphatic heterocycles. The van der Waals surface area contributed by atoms with Crippen LogP contribution in [0.1, 0.15) is 45.1 Å². The first kappa shape index (κ1) is 23.1. The lowest BCUT2D eigenvalue weighted by atomic mass is 9.95. The number of guanidine groups is 1. The van der Waals surface area contributed by atoms with Crippen molar-refractivity contribution in [1.29, 1.82) is 0 Å². The molecule has 2 rings (SSSR count). The molecule has 0 aromatic heterocycles. The van der Waals surface area contributed by atoms with Crippen LogP contribution >= 0.6 is 24.0 Å². The molecule has 26 heavy (non-hydrogen) atoms. The van der Waals surface area contributed by atoms with Gasteiger partial charge in [0.1, 0.15) is 0 Å². The van der Waals surface area contributed by atoms with Crippen LogP contribution in [0.25, 0.3) is 0 Å². The summed E-state index contributed by atoms with van der Waals surface area (Å²) in [6, 6.07) is 4.55. The molecule has 1 saturated carbocycles. The van der Waals surface area contributed by atoms with Gasteiger partial charge in [0.2, 0.25) is 0 Å². The van der Waals surface area contributed by atoms with Gasteiger partial charge >= 0.3 is 0 Å². The number of hydrogen-bond donors (Lipinski definition) is 3. The highest BCUT2D eigenvalue weighted by Gasteiger charge is 2.26. The number of hydrogen-bond acceptors (Lipinski definition) is 3. The van der Waals surface area contributed by atoms with Gasteiger partial charge in [0.25, 0.3) is 0 Å². The van der Waals surface area contributed by atoms with E-state index >= 15 is 0 Å². The summed E-state index contributed by atoms with van der Waals surface area (Å²) in [6.45, 7) is 5.01. The lowest BCUT2D eigenvalue weighted by molar-refractivity contribution is 0.413. The van der Waals surface area contributed by atoms with E-state index in [1.165, 1.54) is 12.1 Å². The number of phenols is 1. The third-order valence-corrected chi connectivity index (χ3v) is 6.14. The number of aliphatic imine (C=N–C) groups is 1. The fourth-order valence-electron chi connectivity index (χ4n) is 3.08. The van der Waals surface area contributed by atoms with E-state index in [0.717, 1.165) is 32.2 Å². The molecule has 1 aromatic rings. The van der Waals surface area contributed by atoms with Crippen molar-refractivity contribution in [2.45, 2.75) is 57.4 Å². The lowest BCUT2D eigenvalue weighted by Crippen LogP contribution is -2.46. The molecule has 0 bridgehead atoms. The van der Waals surface area contributed by atoms with E-state index in [9.17, 15) is 13.7 Å². The molecule has 0 heterocycles. The predicted molar refractivity (Wildman–Crippen MR) is 116 cm³/mol. The molecule has 3 unspecified atom stereocenters. The average Bonchev–Trinajstić information content (AvgIpc) is 2.62. The minimum absolute atomic E-state index is 0. The maximum absolute atomic E-state index is 13.4. The number of nitrogens with one attached hydrogen (secondary N) is 2. The summed E-state index contributed by atoms with van der Waals surface area (Å²) in [7, 11) is -0.757. The Morgan fingerprint density at radius 3 is 2.81 bits per heavy atom. The van der Waals surface area contributed by atoms with Crippen LogP contribution in [0.5, 0.6) is 5.75 Å². The van der Waals surface area contributed by atoms with Crippen molar-refractivity contribution >= 4 is 40.7 Å². The summed E-state index contributed by atoms with van der Waals surface area (Å²) in [5.74, 6) is 0.402. The number of aromatic hydroxyl groups is 1. The van der Waals surface area contributed by atoms with E-state index in [2.05, 4.69) is 15.6 Å². The zero-order valence-electron chi connectivity index (χ0n) is 15.3. The minimum atomic E-state index is -0.757. The fourth-order valence-corrected chi connectivity index (χ4v) is 4.43. The normalized spacial score (nSPS) is 21.6. The van der Waals surface area contributed by atoms with Crippen molar-refractivity contribution in [3.63, 3.8) is 0 Å². The topological polar surface area (TPSA) is 73.7 Å². The van der Waals surface area contributed by atoms with Gasteiger partial charge in [-0.3, -0.25) is 4.21 Å². The van der Waals surface area contributed by atoms with Crippen LogP contribution in [0.4, 0.5) is 4.39 Å². The van der Waals surface area contributed by atoms with Gasteiger partial charge in [-0.2, -0.15) is 0 Å². The maximum Gasteiger partial charge on any atom is 0.191 e. The van der Waals surface area contributed by atoms with Gasteiger partial charge < -0.3 is 15.7 Å². The zero-order chi connectivity index (χ0) is 18.2. The second-order valence-corrected chi connectivity index (χ2v) is 8.29. The number of halogens is 2. The maximum atomic E-state index is 13.4. The van der Waals surface area contributed by atoms with Crippen LogP contribution in [0.15, 0.2) is 23.2 Å². The fraction of sp³-hybridized carbons (Fsp3) is 0.611. The van der Waals surface area contributed by atoms with E-state index < -0.39 is 16.6 Å². The van der Waals surface area contributed by atoms with Crippen LogP contribution in [-0.2, 0) is 17.3 Å². The summed E-state index contributed by atoms with van der Waals surface area (Å²) in [6.07, 6.45) is 4.02. The molecule has 8 heteroatoms. The number of rotatable bonds is 6. The number of benzene rings is 1. The molecule has 5 nitrogen and oxygen atoms in total. The highest BCUT2D eigenvalue weighted by molar-refractivity contribution is 14.0. The van der Waals surface area contributed by atoms with Crippen molar-refractivity contribution in [2.75, 3.05) is 12.3 Å². The van der Waals surface area contributed by atoms with Crippen LogP contribution < -0.4 is 10.6 Å². The first-order chi connectivity index (χ1) is 12.0. The second-order valence-electron chi connectivity index (χ2n) is 6.28. The molecule has 1 aliphatic rings. The summed E-state index contributed by atoms with van der Waals surface area (Å²) >= 11 is 0. The van der Waals surface area contributed by atoms with Gasteiger partial charge in [0.15, 0.2) is 17.5 Å². The third kappa shape index (κ3) is 7.02. The molecule has 0 saturated heterocycles. The Bertz CT molecular complexity index is 630. The SMILES string of the molecule is CCNC(=NCc1ccc(O)c(F)c1)NC1CCCC(S(=O)CC)C1.I. The van der Waals surface area contributed by atoms with Gasteiger partial charge in [-0.25, -0.2) is 9.38 Å². The molecular formula is C18H29FIN3O2S. The van der Waals surface area contributed by atoms with E-state index in [0.29, 0.717) is 23.8 Å². The van der Waals surface area contributed by atoms with E-state index in [1.807, 2.05) is 13.8 Å². The largest absolute Gasteiger partial charge is 0.505 e. The lowest BCUT2D eigenvalue weighted by Gasteiger charge is -2.30. The summed E-state index contributed by atoms with van der Waals surface area (Å²) < 4.78 is 25.5. The van der Waals surface area contributed by atoms with Crippen molar-refractivity contribution in [1.82, 2.24) is 10.6 Å². The van der Waals surface area contributed by atoms with Gasteiger partial charge in [0.05, 0.1) is 6.54 Å². The van der Waals surface area contributed by atoms with E-state index in [4.69, 9.17) is 0 Å². The van der Waals surface area contributed by atoms with Gasteiger partial charge in [-0.1, -0.05) is 19.4 Å². The molecule has 0 radical (unpaired) electrons. The van der Waals surface area contributed by atoms with Crippen LogP contribution in [0.2, 0.25) is 0 Å². The van der Waals surface area contributed by atoms with Crippen molar-refractivity contribution in [3.8, 4) is 5.75 Å². The molecular weight excluding hydrogens is 468 g/mol. The Hall–Kier alpha value is -0.900. The van der Waals surface area contributed by atoms with Gasteiger partial charge in [-0.15, -0.1) is 24.0 Å². The van der Waals surface area contributed by atoms with Crippen LogP contribution in [0, 0.1) is 5.82 Å². The molecule has 1 fully saturated rings. The molecule has 0 spiro atoms. The van der Waals surface area contributed by atoms with Gasteiger partial charge in [-0.05, 0) is 43.9 Å². The third-order valence-electron chi connectivity index (χ3n) is 4.40. The molecule has 1 aliphatic carbocycles. The average molecular weight is 497 g/mol. The summed E-state index contributed by atoms with van der Waals surface area (Å²) in [5, 5.41) is 16.1. The highest BCUT2D eigenvalue weighted by Crippen LogP contribution is 2.23. The standard InChI is InChI=1S/C18H28FN3O2S.HI/c1-3-20-18(21-12-13-8-9-17(23)16(19)10-13)22-14-6-5-7-15(11-14)25(24)4-2;/h8-10,14-15,23H,3-7,11-12H2,1-2H3,(H2,20,21,22);1H. The second kappa shape index (κ2) is 11.7. The summed E-state index contributed by atoms with van der Waals surface area (Å²) in [5.41, 5.74) is 0.695. The van der Waals surface area contributed by atoms with Crippen LogP contribution in [0.3, 0.4) is 0 Å². The number of nitrogens with zero attached hydrogens (tertiary/aromatic N) is 1. The smallest absolute Gasteiger partial charge is 0.191 e. The van der Waals surface area contributed by atoms with Crippen LogP contribution in [-0.4, -0.2) is 38.9 Å². The Labute approximate surface area is 174 Å². The minimum Gasteiger partial charge on any atom is -0.505 e. The predicted octanol–water partition coefficient (Wildman–Crippen LogP) is 3.28. The quantitative estimate of drug-likeness (QED) is 0.321. The molecule has 1 aromatic carbocycles. The first-order valence-electron chi connectivity index (χ1n) is 8.92. The molecule has 3 N–H and O–H groups in total. The van der Waals surface area contributed by atoms with Gasteiger partial charge in [0, 0.05) is 34.4 Å². The Morgan fingerprint density at radius 2 is 2.15 bits per heavy atom. The first-order valence-corrected chi connectivity index (χ1v) is 10.3. The highest BCUT2D eigenvalue weighted by atomic mass is 127. The monoisotopic (exact) mass is 497 g/mol. The molecule has 148 valence electrons. The zero-order valence-corrected chi connectivity index (χ0v) is 18.5. The Kier molecular flexibility index (Phi) is 10.4. The van der Waals surface area contributed by atoms with Crippen molar-refractivity contribution < 1.29 is 13.7 Å². The Balaban J connectivity index is 0.00000338. The number of phenolic OH excluding ortho intramolecular Hbond substituents is 1. The van der Waals surface area contributed by atoms with E-state index in [-0.39, 0.29) is 41.0 Å². The Morgan fingerprint density at radius 1 is 1.38 bits per heavy atom. The molecule has 0 amide bonds. The molecule has 3 atom stereocenters. The van der Waals surface area contributed by atoms with Crippen molar-refractivity contribution in [3.05, 3.63) is 29.6 Å². The van der Waals surface area contributed by atoms with Crippen molar-refractivity contribution in [2.24, 2.45) is 4.99 Å². The van der Waals surface area contributed by atoms with E-state index in [1.54, 1.807) is 6.07 Å².